The Kier molecular flexibility index (Phi) is 6.19. The Bertz CT molecular complexity index is 348. The lowest BCUT2D eigenvalue weighted by atomic mass is 10.3. The van der Waals surface area contributed by atoms with Crippen molar-refractivity contribution >= 4 is 44.9 Å². The van der Waals surface area contributed by atoms with Crippen LogP contribution in [0.2, 0.25) is 0 Å². The summed E-state index contributed by atoms with van der Waals surface area (Å²) in [5.41, 5.74) is 0. The van der Waals surface area contributed by atoms with Gasteiger partial charge in [-0.3, -0.25) is 0 Å². The highest BCUT2D eigenvalue weighted by atomic mass is 32.2. The second kappa shape index (κ2) is 6.92. The Morgan fingerprint density at radius 3 is 1.94 bits per heavy atom. The Labute approximate surface area is 115 Å². The minimum atomic E-state index is -0.429. The molecule has 0 amide bonds. The smallest absolute Gasteiger partial charge is 0.199 e. The average Bonchev–Trinajstić information content (AvgIpc) is 2.27. The fourth-order valence-corrected chi connectivity index (χ4v) is 4.27. The van der Waals surface area contributed by atoms with Crippen LogP contribution < -0.4 is 0 Å². The van der Waals surface area contributed by atoms with Gasteiger partial charge >= 0.3 is 0 Å². The van der Waals surface area contributed by atoms with Crippen LogP contribution in [0, 0.1) is 0 Å². The highest BCUT2D eigenvalue weighted by Gasteiger charge is 2.21. The molecule has 0 aromatic heterocycles. The highest BCUT2D eigenvalue weighted by molar-refractivity contribution is 8.15. The number of rotatable bonds is 3. The van der Waals surface area contributed by atoms with E-state index in [0.717, 1.165) is 10.3 Å². The molecule has 17 heavy (non-hydrogen) atoms. The number of nitrogens with zero attached hydrogens (tertiary/aromatic N) is 4. The van der Waals surface area contributed by atoms with Crippen LogP contribution in [-0.4, -0.2) is 39.2 Å². The van der Waals surface area contributed by atoms with Gasteiger partial charge in [-0.1, -0.05) is 23.5 Å². The zero-order valence-electron chi connectivity index (χ0n) is 11.2. The molecule has 0 radical (unpaired) electrons. The second-order valence-electron chi connectivity index (χ2n) is 4.06. The van der Waals surface area contributed by atoms with Crippen molar-refractivity contribution in [2.24, 2.45) is 13.8 Å². The van der Waals surface area contributed by atoms with E-state index in [2.05, 4.69) is 45.8 Å². The minimum absolute atomic E-state index is 0.426. The van der Waals surface area contributed by atoms with Crippen molar-refractivity contribution in [3.8, 4) is 0 Å². The minimum Gasteiger partial charge on any atom is -0.218 e. The fourth-order valence-electron chi connectivity index (χ4n) is 1.52. The van der Waals surface area contributed by atoms with E-state index in [1.807, 2.05) is 12.5 Å². The predicted molar refractivity (Wildman–Crippen MR) is 83.8 cm³/mol. The zero-order chi connectivity index (χ0) is 13.0. The zero-order valence-corrected chi connectivity index (χ0v) is 13.6. The van der Waals surface area contributed by atoms with Crippen molar-refractivity contribution < 1.29 is 0 Å². The third-order valence-electron chi connectivity index (χ3n) is 2.08. The van der Waals surface area contributed by atoms with Gasteiger partial charge in [0.15, 0.2) is 10.3 Å². The molecule has 0 aromatic rings. The monoisotopic (exact) mass is 292 g/mol. The molecule has 0 saturated heterocycles. The summed E-state index contributed by atoms with van der Waals surface area (Å²) in [7, 11) is 0. The van der Waals surface area contributed by atoms with E-state index in [4.69, 9.17) is 0 Å². The number of amidine groups is 2. The van der Waals surface area contributed by atoms with Crippen molar-refractivity contribution in [1.82, 2.24) is 4.31 Å². The Morgan fingerprint density at radius 2 is 1.53 bits per heavy atom. The van der Waals surface area contributed by atoms with Crippen LogP contribution in [0.15, 0.2) is 13.8 Å². The molecule has 0 aliphatic carbocycles. The standard InChI is InChI=1S/C10H20N4S3/c1-7(2)14(8(3)4)17-12-9(15-5)11-10(13-17)16-6/h7-8H,1-6H3. The summed E-state index contributed by atoms with van der Waals surface area (Å²) in [5, 5.41) is 1.66. The van der Waals surface area contributed by atoms with Crippen molar-refractivity contribution in [3.63, 3.8) is 0 Å². The summed E-state index contributed by atoms with van der Waals surface area (Å²) in [6.07, 6.45) is 4.00. The van der Waals surface area contributed by atoms with Crippen LogP contribution in [0.4, 0.5) is 0 Å². The maximum absolute atomic E-state index is 4.61. The molecule has 0 saturated carbocycles. The fraction of sp³-hybridized carbons (Fsp3) is 0.800. The number of thioether (sulfide) groups is 2. The molecule has 0 bridgehead atoms. The quantitative estimate of drug-likeness (QED) is 0.802. The van der Waals surface area contributed by atoms with Gasteiger partial charge in [-0.2, -0.15) is 13.8 Å². The normalized spacial score (nSPS) is 20.6. The largest absolute Gasteiger partial charge is 0.218 e. The van der Waals surface area contributed by atoms with Gasteiger partial charge in [-0.15, -0.1) is 0 Å². The van der Waals surface area contributed by atoms with Gasteiger partial charge in [-0.25, -0.2) is 4.31 Å². The van der Waals surface area contributed by atoms with Crippen LogP contribution in [-0.2, 0) is 11.1 Å². The first-order valence-corrected chi connectivity index (χ1v) is 9.04. The SMILES string of the molecule is CSC1=NC(SC)=NS(N(C(C)C)C(C)C)=N1. The van der Waals surface area contributed by atoms with Gasteiger partial charge in [0.1, 0.15) is 11.1 Å². The lowest BCUT2D eigenvalue weighted by Gasteiger charge is -2.30. The predicted octanol–water partition coefficient (Wildman–Crippen LogP) is 3.19. The second-order valence-corrected chi connectivity index (χ2v) is 6.88. The first-order valence-electron chi connectivity index (χ1n) is 5.49. The molecule has 98 valence electrons. The molecule has 1 unspecified atom stereocenters. The average molecular weight is 292 g/mol. The molecule has 0 aromatic carbocycles. The summed E-state index contributed by atoms with van der Waals surface area (Å²) >= 11 is 2.73. The highest BCUT2D eigenvalue weighted by Crippen LogP contribution is 2.20. The maximum Gasteiger partial charge on any atom is 0.199 e. The van der Waals surface area contributed by atoms with E-state index in [-0.39, 0.29) is 0 Å². The molecule has 1 heterocycles. The van der Waals surface area contributed by atoms with Gasteiger partial charge in [0, 0.05) is 12.1 Å². The molecule has 1 aliphatic heterocycles. The summed E-state index contributed by atoms with van der Waals surface area (Å²) in [4.78, 5) is 4.38. The van der Waals surface area contributed by atoms with Crippen LogP contribution in [0.3, 0.4) is 0 Å². The Morgan fingerprint density at radius 1 is 1.00 bits per heavy atom. The van der Waals surface area contributed by atoms with Crippen LogP contribution >= 0.6 is 23.5 Å². The van der Waals surface area contributed by atoms with Crippen molar-refractivity contribution in [3.05, 3.63) is 0 Å². The summed E-state index contributed by atoms with van der Waals surface area (Å²) in [5.74, 6) is 0. The molecule has 0 N–H and O–H groups in total. The van der Waals surface area contributed by atoms with E-state index >= 15 is 0 Å². The van der Waals surface area contributed by atoms with E-state index in [9.17, 15) is 0 Å². The Hall–Kier alpha value is 0.150. The summed E-state index contributed by atoms with van der Waals surface area (Å²) in [6.45, 7) is 8.73. The Balaban J connectivity index is 3.08. The third kappa shape index (κ3) is 4.08. The van der Waals surface area contributed by atoms with Crippen molar-refractivity contribution in [2.75, 3.05) is 12.5 Å². The molecule has 7 heteroatoms. The summed E-state index contributed by atoms with van der Waals surface area (Å²) in [6, 6.07) is 0.852. The lowest BCUT2D eigenvalue weighted by molar-refractivity contribution is 0.331. The van der Waals surface area contributed by atoms with E-state index in [0.29, 0.717) is 12.1 Å². The molecule has 0 spiro atoms. The van der Waals surface area contributed by atoms with Crippen LogP contribution in [0.5, 0.6) is 0 Å². The van der Waals surface area contributed by atoms with Gasteiger partial charge in [0.2, 0.25) is 0 Å². The maximum atomic E-state index is 4.61. The number of aliphatic imine (C=N–C) groups is 1. The molecule has 0 fully saturated rings. The first-order chi connectivity index (χ1) is 7.99. The van der Waals surface area contributed by atoms with E-state index in [1.54, 1.807) is 23.5 Å². The van der Waals surface area contributed by atoms with E-state index < -0.39 is 11.1 Å². The van der Waals surface area contributed by atoms with E-state index in [1.165, 1.54) is 0 Å². The molecular formula is C10H20N4S3. The number of hydrogen-bond donors (Lipinski definition) is 0. The molecule has 1 atom stereocenters. The van der Waals surface area contributed by atoms with Crippen molar-refractivity contribution in [1.29, 1.82) is 0 Å². The van der Waals surface area contributed by atoms with Crippen molar-refractivity contribution in [2.45, 2.75) is 39.8 Å². The van der Waals surface area contributed by atoms with Gasteiger partial charge in [-0.05, 0) is 40.2 Å². The molecule has 1 aliphatic rings. The van der Waals surface area contributed by atoms with Gasteiger partial charge < -0.3 is 0 Å². The van der Waals surface area contributed by atoms with Gasteiger partial charge in [0.25, 0.3) is 0 Å². The third-order valence-corrected chi connectivity index (χ3v) is 5.30. The molecule has 4 nitrogen and oxygen atoms in total. The first kappa shape index (κ1) is 15.2. The van der Waals surface area contributed by atoms with Gasteiger partial charge in [0.05, 0.1) is 0 Å². The summed E-state index contributed by atoms with van der Waals surface area (Å²) < 4.78 is 11.5. The van der Waals surface area contributed by atoms with Crippen LogP contribution in [0.25, 0.3) is 0 Å². The van der Waals surface area contributed by atoms with Crippen LogP contribution in [0.1, 0.15) is 27.7 Å². The lowest BCUT2D eigenvalue weighted by Crippen LogP contribution is -2.38. The number of hydrogen-bond acceptors (Lipinski definition) is 6. The molecule has 1 rings (SSSR count). The molecular weight excluding hydrogens is 272 g/mol. The topological polar surface area (TPSA) is 40.3 Å².